The van der Waals surface area contributed by atoms with Crippen molar-refractivity contribution < 1.29 is 14.3 Å². The Labute approximate surface area is 237 Å². The van der Waals surface area contributed by atoms with Crippen LogP contribution in [0.3, 0.4) is 0 Å². The Morgan fingerprint density at radius 2 is 1.61 bits per heavy atom. The summed E-state index contributed by atoms with van der Waals surface area (Å²) in [6.45, 7) is 10.4. The first-order chi connectivity index (χ1) is 19.9. The highest BCUT2D eigenvalue weighted by Gasteiger charge is 2.13. The van der Waals surface area contributed by atoms with E-state index in [1.807, 2.05) is 43.6 Å². The molecule has 3 aromatic heterocycles. The molecule has 1 N–H and O–H groups in total. The third-order valence-corrected chi connectivity index (χ3v) is 6.10. The fourth-order valence-electron chi connectivity index (χ4n) is 3.77. The number of nitrogens with one attached hydrogen (secondary N) is 1. The van der Waals surface area contributed by atoms with Gasteiger partial charge in [-0.1, -0.05) is 24.3 Å². The summed E-state index contributed by atoms with van der Waals surface area (Å²) in [6.07, 6.45) is 8.46. The summed E-state index contributed by atoms with van der Waals surface area (Å²) in [6, 6.07) is 19.0. The molecular formula is C32H24N6O3. The van der Waals surface area contributed by atoms with Gasteiger partial charge < -0.3 is 9.72 Å². The van der Waals surface area contributed by atoms with E-state index >= 15 is 0 Å². The minimum Gasteiger partial charge on any atom is -0.454 e. The Morgan fingerprint density at radius 3 is 2.24 bits per heavy atom. The van der Waals surface area contributed by atoms with Crippen LogP contribution in [0.15, 0.2) is 91.6 Å². The van der Waals surface area contributed by atoms with E-state index in [9.17, 15) is 9.59 Å². The van der Waals surface area contributed by atoms with Gasteiger partial charge in [0.2, 0.25) is 5.78 Å². The molecule has 0 spiro atoms. The van der Waals surface area contributed by atoms with Gasteiger partial charge in [-0.15, -0.1) is 0 Å². The van der Waals surface area contributed by atoms with Crippen molar-refractivity contribution >= 4 is 17.4 Å². The van der Waals surface area contributed by atoms with Gasteiger partial charge in [-0.2, -0.15) is 5.26 Å². The molecule has 0 fully saturated rings. The fraction of sp³-hybridized carbons (Fsp3) is 0.0938. The number of aromatic amines is 1. The number of pyridine rings is 2. The molecule has 3 heterocycles. The van der Waals surface area contributed by atoms with E-state index < -0.39 is 5.97 Å². The van der Waals surface area contributed by atoms with Gasteiger partial charge in [-0.3, -0.25) is 14.8 Å². The van der Waals surface area contributed by atoms with E-state index in [0.29, 0.717) is 22.4 Å². The summed E-state index contributed by atoms with van der Waals surface area (Å²) < 4.78 is 4.97. The fourth-order valence-corrected chi connectivity index (χ4v) is 3.77. The third-order valence-electron chi connectivity index (χ3n) is 6.10. The Bertz CT molecular complexity index is 1760. The van der Waals surface area contributed by atoms with Gasteiger partial charge in [-0.05, 0) is 61.4 Å². The number of esters is 1. The maximum atomic E-state index is 11.9. The summed E-state index contributed by atoms with van der Waals surface area (Å²) in [5.41, 5.74) is 6.70. The van der Waals surface area contributed by atoms with Crippen molar-refractivity contribution in [1.29, 1.82) is 5.26 Å². The number of ether oxygens (including phenoxy) is 1. The quantitative estimate of drug-likeness (QED) is 0.152. The molecule has 41 heavy (non-hydrogen) atoms. The molecule has 9 nitrogen and oxygen atoms in total. The summed E-state index contributed by atoms with van der Waals surface area (Å²) in [7, 11) is 0. The van der Waals surface area contributed by atoms with Crippen molar-refractivity contribution in [3.63, 3.8) is 0 Å². The number of ketones is 1. The number of nitrogens with zero attached hydrogens (tertiary/aromatic N) is 5. The zero-order valence-electron chi connectivity index (χ0n) is 22.3. The lowest BCUT2D eigenvalue weighted by molar-refractivity contribution is 0.0474. The molecule has 0 atom stereocenters. The SMILES string of the molecule is Cc1ccncc1C(=O)COC(=O)c1ccc(C#N)cc1.[C-]#[N+]c1ccc(-c2ncc(-c3cnccc3C)[nH]2)cc1. The van der Waals surface area contributed by atoms with E-state index in [0.717, 1.165) is 33.8 Å². The van der Waals surface area contributed by atoms with Gasteiger partial charge in [0, 0.05) is 41.5 Å². The maximum absolute atomic E-state index is 11.9. The van der Waals surface area contributed by atoms with Gasteiger partial charge in [0.1, 0.15) is 5.82 Å². The smallest absolute Gasteiger partial charge is 0.338 e. The third kappa shape index (κ3) is 7.14. The Balaban J connectivity index is 0.000000189. The second-order valence-corrected chi connectivity index (χ2v) is 8.87. The zero-order chi connectivity index (χ0) is 29.2. The van der Waals surface area contributed by atoms with Gasteiger partial charge in [0.25, 0.3) is 0 Å². The molecular weight excluding hydrogens is 516 g/mol. The number of aromatic nitrogens is 4. The maximum Gasteiger partial charge on any atom is 0.338 e. The van der Waals surface area contributed by atoms with Crippen LogP contribution in [0, 0.1) is 31.8 Å². The second kappa shape index (κ2) is 13.2. The monoisotopic (exact) mass is 540 g/mol. The van der Waals surface area contributed by atoms with Crippen molar-refractivity contribution in [3.05, 3.63) is 131 Å². The summed E-state index contributed by atoms with van der Waals surface area (Å²) >= 11 is 0. The van der Waals surface area contributed by atoms with Crippen LogP contribution in [0.5, 0.6) is 0 Å². The van der Waals surface area contributed by atoms with Crippen molar-refractivity contribution in [1.82, 2.24) is 19.9 Å². The van der Waals surface area contributed by atoms with Gasteiger partial charge in [-0.25, -0.2) is 14.6 Å². The highest BCUT2D eigenvalue weighted by Crippen LogP contribution is 2.25. The first-order valence-corrected chi connectivity index (χ1v) is 12.4. The molecule has 5 rings (SSSR count). The van der Waals surface area contributed by atoms with Crippen LogP contribution in [0.4, 0.5) is 5.69 Å². The van der Waals surface area contributed by atoms with E-state index in [-0.39, 0.29) is 12.4 Å². The number of nitriles is 1. The van der Waals surface area contributed by atoms with Gasteiger partial charge >= 0.3 is 5.97 Å². The summed E-state index contributed by atoms with van der Waals surface area (Å²) in [5, 5.41) is 8.68. The molecule has 0 amide bonds. The van der Waals surface area contributed by atoms with Crippen LogP contribution in [0.2, 0.25) is 0 Å². The van der Waals surface area contributed by atoms with Crippen LogP contribution >= 0.6 is 0 Å². The first-order valence-electron chi connectivity index (χ1n) is 12.4. The molecule has 0 saturated carbocycles. The van der Waals surface area contributed by atoms with Crippen LogP contribution in [-0.2, 0) is 4.74 Å². The number of hydrogen-bond acceptors (Lipinski definition) is 7. The van der Waals surface area contributed by atoms with E-state index in [1.54, 1.807) is 37.5 Å². The largest absolute Gasteiger partial charge is 0.454 e. The molecule has 0 aliphatic heterocycles. The molecule has 5 aromatic rings. The molecule has 0 saturated heterocycles. The van der Waals surface area contributed by atoms with Gasteiger partial charge in [0.15, 0.2) is 12.3 Å². The van der Waals surface area contributed by atoms with Crippen molar-refractivity contribution in [2.45, 2.75) is 13.8 Å². The minimum absolute atomic E-state index is 0.296. The van der Waals surface area contributed by atoms with E-state index in [2.05, 4.69) is 24.8 Å². The number of rotatable bonds is 6. The standard InChI is InChI=1S/C16H12N4.C16H12N2O3/c1-11-7-8-18-9-14(11)15-10-19-16(20-15)12-3-5-13(17-2)6-4-12;1-11-6-7-18-9-14(11)15(19)10-21-16(20)13-4-2-12(8-17)3-5-13/h3-10H,1H3,(H,19,20);2-7,9H,10H2,1H3. The predicted molar refractivity (Wildman–Crippen MR) is 153 cm³/mol. The number of carbonyl (C=O) groups excluding carboxylic acids is 2. The number of Topliss-reactive ketones (excluding diaryl/α,β-unsaturated/α-hetero) is 1. The van der Waals surface area contributed by atoms with Crippen molar-refractivity contribution in [2.75, 3.05) is 6.61 Å². The van der Waals surface area contributed by atoms with Crippen LogP contribution in [0.25, 0.3) is 27.5 Å². The zero-order valence-corrected chi connectivity index (χ0v) is 22.3. The number of imidazole rings is 1. The average molecular weight is 541 g/mol. The van der Waals surface area contributed by atoms with E-state index in [4.69, 9.17) is 16.6 Å². The number of H-pyrrole nitrogens is 1. The first kappa shape index (κ1) is 28.1. The molecule has 2 aromatic carbocycles. The number of benzene rings is 2. The highest BCUT2D eigenvalue weighted by molar-refractivity contribution is 6.00. The molecule has 0 unspecified atom stereocenters. The molecule has 0 aliphatic carbocycles. The van der Waals surface area contributed by atoms with Crippen LogP contribution < -0.4 is 0 Å². The van der Waals surface area contributed by atoms with E-state index in [1.165, 1.54) is 30.5 Å². The molecule has 200 valence electrons. The Kier molecular flexibility index (Phi) is 9.06. The topological polar surface area (TPSA) is 126 Å². The molecule has 0 radical (unpaired) electrons. The Morgan fingerprint density at radius 1 is 0.927 bits per heavy atom. The molecule has 0 bridgehead atoms. The van der Waals surface area contributed by atoms with Crippen LogP contribution in [-0.4, -0.2) is 38.3 Å². The second-order valence-electron chi connectivity index (χ2n) is 8.87. The van der Waals surface area contributed by atoms with Gasteiger partial charge in [0.05, 0.1) is 35.7 Å². The van der Waals surface area contributed by atoms with Crippen LogP contribution in [0.1, 0.15) is 37.4 Å². The lowest BCUT2D eigenvalue weighted by Crippen LogP contribution is -2.15. The normalized spacial score (nSPS) is 9.95. The molecule has 0 aliphatic rings. The number of aryl methyl sites for hydroxylation is 2. The Hall–Kier alpha value is -5.93. The predicted octanol–water partition coefficient (Wildman–Crippen LogP) is 6.30. The lowest BCUT2D eigenvalue weighted by atomic mass is 10.1. The average Bonchev–Trinajstić information content (AvgIpc) is 3.51. The highest BCUT2D eigenvalue weighted by atomic mass is 16.5. The molecule has 9 heteroatoms. The number of carbonyl (C=O) groups is 2. The summed E-state index contributed by atoms with van der Waals surface area (Å²) in [5.74, 6) is -0.114. The summed E-state index contributed by atoms with van der Waals surface area (Å²) in [4.78, 5) is 42.8. The number of hydrogen-bond donors (Lipinski definition) is 1. The lowest BCUT2D eigenvalue weighted by Gasteiger charge is -2.06. The van der Waals surface area contributed by atoms with Crippen molar-refractivity contribution in [2.24, 2.45) is 0 Å². The minimum atomic E-state index is -0.602. The van der Waals surface area contributed by atoms with Crippen molar-refractivity contribution in [3.8, 4) is 28.7 Å².